The summed E-state index contributed by atoms with van der Waals surface area (Å²) in [4.78, 5) is 24.5. The molecular weight excluding hydrogens is 216 g/mol. The number of hydrogen-bond donors (Lipinski definition) is 1. The van der Waals surface area contributed by atoms with Crippen LogP contribution in [0.15, 0.2) is 30.3 Å². The molecule has 1 heterocycles. The molecule has 0 aliphatic carbocycles. The Balaban J connectivity index is 1.85. The van der Waals surface area contributed by atoms with Gasteiger partial charge in [0.05, 0.1) is 6.04 Å². The van der Waals surface area contributed by atoms with Crippen LogP contribution in [0.3, 0.4) is 0 Å². The van der Waals surface area contributed by atoms with Crippen LogP contribution >= 0.6 is 0 Å². The Kier molecular flexibility index (Phi) is 3.13. The second-order valence-corrected chi connectivity index (χ2v) is 4.32. The fourth-order valence-corrected chi connectivity index (χ4v) is 2.07. The van der Waals surface area contributed by atoms with E-state index in [1.54, 1.807) is 4.90 Å². The van der Waals surface area contributed by atoms with E-state index >= 15 is 0 Å². The van der Waals surface area contributed by atoms with E-state index in [9.17, 15) is 9.59 Å². The van der Waals surface area contributed by atoms with Gasteiger partial charge >= 0.3 is 0 Å². The standard InChI is InChI=1S/C13H16N2O2/c1-9-12(15(9)10(2)16)13(17)14-8-11-6-4-3-5-7-11/h3-7,9,12H,8H2,1-2H3,(H,14,17)/t9-,12?,15?/m0/s1. The van der Waals surface area contributed by atoms with E-state index in [0.29, 0.717) is 6.54 Å². The lowest BCUT2D eigenvalue weighted by molar-refractivity contribution is -0.128. The summed E-state index contributed by atoms with van der Waals surface area (Å²) in [6.07, 6.45) is 0. The van der Waals surface area contributed by atoms with E-state index in [1.807, 2.05) is 37.3 Å². The Labute approximate surface area is 101 Å². The number of hydrogen-bond acceptors (Lipinski definition) is 2. The SMILES string of the molecule is CC(=O)N1C(C(=O)NCc2ccccc2)[C@@H]1C. The second kappa shape index (κ2) is 4.57. The lowest BCUT2D eigenvalue weighted by Gasteiger charge is -2.04. The first-order valence-corrected chi connectivity index (χ1v) is 5.72. The van der Waals surface area contributed by atoms with Gasteiger partial charge in [-0.15, -0.1) is 0 Å². The summed E-state index contributed by atoms with van der Waals surface area (Å²) in [7, 11) is 0. The third-order valence-corrected chi connectivity index (χ3v) is 3.05. The van der Waals surface area contributed by atoms with Crippen molar-refractivity contribution in [3.8, 4) is 0 Å². The van der Waals surface area contributed by atoms with Gasteiger partial charge in [0.2, 0.25) is 11.8 Å². The van der Waals surface area contributed by atoms with E-state index in [-0.39, 0.29) is 23.9 Å². The predicted octanol–water partition coefficient (Wildman–Crippen LogP) is 0.922. The monoisotopic (exact) mass is 232 g/mol. The Bertz CT molecular complexity index is 430. The van der Waals surface area contributed by atoms with Crippen LogP contribution in [0.5, 0.6) is 0 Å². The van der Waals surface area contributed by atoms with Crippen LogP contribution in [-0.4, -0.2) is 28.8 Å². The second-order valence-electron chi connectivity index (χ2n) is 4.32. The van der Waals surface area contributed by atoms with E-state index < -0.39 is 0 Å². The first-order chi connectivity index (χ1) is 8.11. The van der Waals surface area contributed by atoms with E-state index in [2.05, 4.69) is 5.32 Å². The normalized spacial score (nSPS) is 22.1. The van der Waals surface area contributed by atoms with Crippen LogP contribution in [0.2, 0.25) is 0 Å². The molecule has 0 radical (unpaired) electrons. The number of nitrogens with one attached hydrogen (secondary N) is 1. The van der Waals surface area contributed by atoms with Gasteiger partial charge in [-0.3, -0.25) is 9.59 Å². The number of amides is 2. The van der Waals surface area contributed by atoms with Gasteiger partial charge in [-0.25, -0.2) is 0 Å². The van der Waals surface area contributed by atoms with E-state index in [1.165, 1.54) is 6.92 Å². The number of benzene rings is 1. The highest BCUT2D eigenvalue weighted by atomic mass is 16.2. The number of carbonyl (C=O) groups excluding carboxylic acids is 2. The molecule has 1 saturated heterocycles. The van der Waals surface area contributed by atoms with E-state index in [4.69, 9.17) is 0 Å². The fraction of sp³-hybridized carbons (Fsp3) is 0.385. The first-order valence-electron chi connectivity index (χ1n) is 5.72. The molecule has 1 aromatic rings. The van der Waals surface area contributed by atoms with Crippen molar-refractivity contribution < 1.29 is 9.59 Å². The Morgan fingerprint density at radius 1 is 1.29 bits per heavy atom. The van der Waals surface area contributed by atoms with Gasteiger partial charge < -0.3 is 10.2 Å². The molecule has 90 valence electrons. The molecular formula is C13H16N2O2. The Morgan fingerprint density at radius 2 is 1.94 bits per heavy atom. The molecule has 1 aromatic carbocycles. The highest BCUT2D eigenvalue weighted by molar-refractivity contribution is 5.92. The smallest absolute Gasteiger partial charge is 0.245 e. The van der Waals surface area contributed by atoms with Crippen molar-refractivity contribution in [2.45, 2.75) is 32.5 Å². The van der Waals surface area contributed by atoms with Crippen LogP contribution in [0.25, 0.3) is 0 Å². The lowest BCUT2D eigenvalue weighted by atomic mass is 10.2. The third-order valence-electron chi connectivity index (χ3n) is 3.05. The number of rotatable bonds is 3. The van der Waals surface area contributed by atoms with Gasteiger partial charge in [0.25, 0.3) is 0 Å². The average Bonchev–Trinajstić information content (AvgIpc) is 2.99. The third kappa shape index (κ3) is 2.46. The summed E-state index contributed by atoms with van der Waals surface area (Å²) >= 11 is 0. The van der Waals surface area contributed by atoms with Crippen molar-refractivity contribution in [1.82, 2.24) is 10.2 Å². The maximum Gasteiger partial charge on any atom is 0.245 e. The minimum atomic E-state index is -0.281. The van der Waals surface area contributed by atoms with Crippen molar-refractivity contribution in [2.75, 3.05) is 0 Å². The van der Waals surface area contributed by atoms with Crippen molar-refractivity contribution in [1.29, 1.82) is 0 Å². The molecule has 1 aliphatic heterocycles. The summed E-state index contributed by atoms with van der Waals surface area (Å²) < 4.78 is 0. The van der Waals surface area contributed by atoms with Crippen LogP contribution in [0.4, 0.5) is 0 Å². The summed E-state index contributed by atoms with van der Waals surface area (Å²) in [5, 5.41) is 2.84. The zero-order valence-corrected chi connectivity index (χ0v) is 10.0. The van der Waals surface area contributed by atoms with Crippen LogP contribution < -0.4 is 5.32 Å². The van der Waals surface area contributed by atoms with Gasteiger partial charge in [-0.05, 0) is 12.5 Å². The Morgan fingerprint density at radius 3 is 2.47 bits per heavy atom. The highest BCUT2D eigenvalue weighted by Gasteiger charge is 2.50. The van der Waals surface area contributed by atoms with Crippen molar-refractivity contribution >= 4 is 11.8 Å². The molecule has 0 saturated carbocycles. The number of nitrogens with zero attached hydrogens (tertiary/aromatic N) is 1. The molecule has 4 nitrogen and oxygen atoms in total. The topological polar surface area (TPSA) is 49.2 Å². The lowest BCUT2D eigenvalue weighted by Crippen LogP contribution is -2.30. The summed E-state index contributed by atoms with van der Waals surface area (Å²) in [5.41, 5.74) is 1.06. The zero-order valence-electron chi connectivity index (χ0n) is 10.0. The summed E-state index contributed by atoms with van der Waals surface area (Å²) in [6, 6.07) is 9.47. The van der Waals surface area contributed by atoms with Crippen molar-refractivity contribution in [2.24, 2.45) is 0 Å². The van der Waals surface area contributed by atoms with Gasteiger partial charge in [-0.2, -0.15) is 0 Å². The predicted molar refractivity (Wildman–Crippen MR) is 64.1 cm³/mol. The molecule has 0 bridgehead atoms. The van der Waals surface area contributed by atoms with E-state index in [0.717, 1.165) is 5.56 Å². The largest absolute Gasteiger partial charge is 0.350 e. The fourth-order valence-electron chi connectivity index (χ4n) is 2.07. The van der Waals surface area contributed by atoms with Crippen molar-refractivity contribution in [3.05, 3.63) is 35.9 Å². The molecule has 0 spiro atoms. The van der Waals surface area contributed by atoms with Crippen LogP contribution in [-0.2, 0) is 16.1 Å². The summed E-state index contributed by atoms with van der Waals surface area (Å²) in [5.74, 6) is -0.117. The van der Waals surface area contributed by atoms with Crippen LogP contribution in [0, 0.1) is 0 Å². The molecule has 2 rings (SSSR count). The molecule has 1 N–H and O–H groups in total. The first kappa shape index (κ1) is 11.6. The maximum absolute atomic E-state index is 11.8. The molecule has 2 atom stereocenters. The molecule has 4 heteroatoms. The Hall–Kier alpha value is -1.84. The number of carbonyl (C=O) groups is 2. The molecule has 1 aliphatic rings. The van der Waals surface area contributed by atoms with Gasteiger partial charge in [0.15, 0.2) is 0 Å². The molecule has 2 amide bonds. The molecule has 1 unspecified atom stereocenters. The average molecular weight is 232 g/mol. The van der Waals surface area contributed by atoms with Crippen molar-refractivity contribution in [3.63, 3.8) is 0 Å². The van der Waals surface area contributed by atoms with Gasteiger partial charge in [0.1, 0.15) is 6.04 Å². The zero-order chi connectivity index (χ0) is 12.4. The molecule has 0 aromatic heterocycles. The quantitative estimate of drug-likeness (QED) is 0.788. The molecule has 1 fully saturated rings. The minimum absolute atomic E-state index is 0.0308. The van der Waals surface area contributed by atoms with Gasteiger partial charge in [-0.1, -0.05) is 30.3 Å². The summed E-state index contributed by atoms with van der Waals surface area (Å²) in [6.45, 7) is 3.88. The minimum Gasteiger partial charge on any atom is -0.350 e. The maximum atomic E-state index is 11.8. The highest BCUT2D eigenvalue weighted by Crippen LogP contribution is 2.27. The van der Waals surface area contributed by atoms with Gasteiger partial charge in [0, 0.05) is 13.5 Å². The molecule has 17 heavy (non-hydrogen) atoms. The van der Waals surface area contributed by atoms with Crippen LogP contribution in [0.1, 0.15) is 19.4 Å².